The molecule has 0 N–H and O–H groups in total. The molecule has 3 heteroatoms. The molecule has 0 aliphatic rings. The third-order valence-electron chi connectivity index (χ3n) is 3.54. The van der Waals surface area contributed by atoms with Crippen molar-refractivity contribution in [1.82, 2.24) is 4.57 Å². The number of aryl methyl sites for hydroxylation is 2. The molecular weight excluding hydrogens is 270 g/mol. The van der Waals surface area contributed by atoms with Gasteiger partial charge in [0, 0.05) is 22.3 Å². The third-order valence-corrected chi connectivity index (χ3v) is 3.80. The van der Waals surface area contributed by atoms with Gasteiger partial charge in [-0.3, -0.25) is 9.36 Å². The van der Waals surface area contributed by atoms with E-state index in [4.69, 9.17) is 11.6 Å². The summed E-state index contributed by atoms with van der Waals surface area (Å²) in [6.07, 6.45) is 1.89. The highest BCUT2D eigenvalue weighted by Gasteiger charge is 2.09. The van der Waals surface area contributed by atoms with Crippen LogP contribution in [-0.4, -0.2) is 4.57 Å². The van der Waals surface area contributed by atoms with Crippen molar-refractivity contribution in [1.29, 1.82) is 0 Å². The quantitative estimate of drug-likeness (QED) is 0.654. The van der Waals surface area contributed by atoms with Crippen LogP contribution in [0.1, 0.15) is 11.1 Å². The van der Waals surface area contributed by atoms with E-state index in [9.17, 15) is 4.79 Å². The van der Waals surface area contributed by atoms with Crippen LogP contribution in [0.2, 0.25) is 5.02 Å². The molecule has 0 spiro atoms. The van der Waals surface area contributed by atoms with Crippen LogP contribution in [0.4, 0.5) is 0 Å². The van der Waals surface area contributed by atoms with E-state index in [1.54, 1.807) is 16.7 Å². The Bertz CT molecular complexity index is 847. The molecule has 3 rings (SSSR count). The van der Waals surface area contributed by atoms with E-state index in [1.807, 2.05) is 50.4 Å². The Morgan fingerprint density at radius 1 is 0.950 bits per heavy atom. The monoisotopic (exact) mass is 283 g/mol. The van der Waals surface area contributed by atoms with Gasteiger partial charge in [0.15, 0.2) is 0 Å². The minimum Gasteiger partial charge on any atom is -0.284 e. The molecule has 0 aliphatic heterocycles. The molecule has 0 bridgehead atoms. The maximum absolute atomic E-state index is 12.6. The number of hydrogen-bond acceptors (Lipinski definition) is 1. The zero-order valence-electron chi connectivity index (χ0n) is 11.4. The van der Waals surface area contributed by atoms with E-state index in [2.05, 4.69) is 0 Å². The van der Waals surface area contributed by atoms with E-state index in [1.165, 1.54) is 0 Å². The predicted molar refractivity (Wildman–Crippen MR) is 84.0 cm³/mol. The van der Waals surface area contributed by atoms with Gasteiger partial charge in [0.1, 0.15) is 0 Å². The smallest absolute Gasteiger partial charge is 0.262 e. The molecule has 0 aliphatic carbocycles. The number of aromatic nitrogens is 1. The molecule has 0 unspecified atom stereocenters. The van der Waals surface area contributed by atoms with Crippen molar-refractivity contribution in [2.45, 2.75) is 13.8 Å². The van der Waals surface area contributed by atoms with Crippen LogP contribution < -0.4 is 5.56 Å². The van der Waals surface area contributed by atoms with Gasteiger partial charge in [-0.1, -0.05) is 23.7 Å². The fourth-order valence-electron chi connectivity index (χ4n) is 2.61. The highest BCUT2D eigenvalue weighted by molar-refractivity contribution is 6.30. The van der Waals surface area contributed by atoms with Crippen LogP contribution >= 0.6 is 11.6 Å². The Labute approximate surface area is 122 Å². The van der Waals surface area contributed by atoms with Crippen LogP contribution in [-0.2, 0) is 0 Å². The molecule has 1 heterocycles. The summed E-state index contributed by atoms with van der Waals surface area (Å²) in [6, 6.07) is 13.1. The maximum Gasteiger partial charge on any atom is 0.262 e. The molecule has 1 aromatic heterocycles. The number of nitrogens with zero attached hydrogens (tertiary/aromatic N) is 1. The minimum atomic E-state index is -0.00313. The lowest BCUT2D eigenvalue weighted by Crippen LogP contribution is -2.18. The molecule has 0 saturated heterocycles. The lowest BCUT2D eigenvalue weighted by Gasteiger charge is -2.11. The van der Waals surface area contributed by atoms with Gasteiger partial charge in [-0.25, -0.2) is 0 Å². The number of halogens is 1. The molecule has 0 atom stereocenters. The minimum absolute atomic E-state index is 0.00313. The summed E-state index contributed by atoms with van der Waals surface area (Å²) in [5.74, 6) is 0. The molecule has 0 radical (unpaired) electrons. The summed E-state index contributed by atoms with van der Waals surface area (Å²) in [4.78, 5) is 12.6. The van der Waals surface area contributed by atoms with Gasteiger partial charge in [-0.15, -0.1) is 0 Å². The highest BCUT2D eigenvalue weighted by atomic mass is 35.5. The Morgan fingerprint density at radius 2 is 1.65 bits per heavy atom. The fourth-order valence-corrected chi connectivity index (χ4v) is 2.74. The summed E-state index contributed by atoms with van der Waals surface area (Å²) < 4.78 is 1.67. The summed E-state index contributed by atoms with van der Waals surface area (Å²) in [5, 5.41) is 2.46. The molecule has 100 valence electrons. The number of rotatable bonds is 1. The van der Waals surface area contributed by atoms with Crippen LogP contribution in [0, 0.1) is 13.8 Å². The van der Waals surface area contributed by atoms with Crippen molar-refractivity contribution in [3.63, 3.8) is 0 Å². The van der Waals surface area contributed by atoms with Crippen LogP contribution in [0.15, 0.2) is 53.5 Å². The number of benzene rings is 2. The molecule has 0 saturated carbocycles. The van der Waals surface area contributed by atoms with Crippen molar-refractivity contribution in [2.24, 2.45) is 0 Å². The summed E-state index contributed by atoms with van der Waals surface area (Å²) in [7, 11) is 0. The van der Waals surface area contributed by atoms with Crippen molar-refractivity contribution in [3.05, 3.63) is 75.2 Å². The SMILES string of the molecule is Cc1cccc2c(=O)n(-c3ccc(Cl)cc3)cc(C)c12. The average molecular weight is 284 g/mol. The zero-order valence-corrected chi connectivity index (χ0v) is 12.1. The predicted octanol–water partition coefficient (Wildman–Crippen LogP) is 4.26. The van der Waals surface area contributed by atoms with Crippen molar-refractivity contribution in [2.75, 3.05) is 0 Å². The summed E-state index contributed by atoms with van der Waals surface area (Å²) in [5.41, 5.74) is 3.04. The Balaban J connectivity index is 2.36. The highest BCUT2D eigenvalue weighted by Crippen LogP contribution is 2.21. The van der Waals surface area contributed by atoms with Crippen LogP contribution in [0.25, 0.3) is 16.5 Å². The molecule has 2 aromatic carbocycles. The van der Waals surface area contributed by atoms with Crippen LogP contribution in [0.3, 0.4) is 0 Å². The lowest BCUT2D eigenvalue weighted by molar-refractivity contribution is 0.996. The van der Waals surface area contributed by atoms with Gasteiger partial charge in [0.05, 0.1) is 0 Å². The Hall–Kier alpha value is -2.06. The van der Waals surface area contributed by atoms with Crippen molar-refractivity contribution in [3.8, 4) is 5.69 Å². The van der Waals surface area contributed by atoms with Gasteiger partial charge < -0.3 is 0 Å². The standard InChI is InChI=1S/C17H14ClNO/c1-11-4-3-5-15-16(11)12(2)10-19(17(15)20)14-8-6-13(18)7-9-14/h3-10H,1-2H3. The van der Waals surface area contributed by atoms with E-state index in [0.29, 0.717) is 5.02 Å². The van der Waals surface area contributed by atoms with Gasteiger partial charge in [-0.2, -0.15) is 0 Å². The number of hydrogen-bond donors (Lipinski definition) is 0. The normalized spacial score (nSPS) is 10.9. The average Bonchev–Trinajstić information content (AvgIpc) is 2.44. The van der Waals surface area contributed by atoms with E-state index in [-0.39, 0.29) is 5.56 Å². The first-order valence-electron chi connectivity index (χ1n) is 6.45. The third kappa shape index (κ3) is 2.02. The second kappa shape index (κ2) is 4.80. The van der Waals surface area contributed by atoms with Crippen molar-refractivity contribution < 1.29 is 0 Å². The Kier molecular flexibility index (Phi) is 3.11. The second-order valence-electron chi connectivity index (χ2n) is 4.96. The van der Waals surface area contributed by atoms with E-state index in [0.717, 1.165) is 27.6 Å². The van der Waals surface area contributed by atoms with Crippen LogP contribution in [0.5, 0.6) is 0 Å². The first-order valence-corrected chi connectivity index (χ1v) is 6.83. The van der Waals surface area contributed by atoms with Crippen molar-refractivity contribution >= 4 is 22.4 Å². The number of pyridine rings is 1. The molecule has 2 nitrogen and oxygen atoms in total. The molecule has 20 heavy (non-hydrogen) atoms. The largest absolute Gasteiger partial charge is 0.284 e. The topological polar surface area (TPSA) is 22.0 Å². The molecular formula is C17H14ClNO. The summed E-state index contributed by atoms with van der Waals surface area (Å²) >= 11 is 5.90. The van der Waals surface area contributed by atoms with E-state index >= 15 is 0 Å². The Morgan fingerprint density at radius 3 is 2.35 bits per heavy atom. The number of fused-ring (bicyclic) bond motifs is 1. The van der Waals surface area contributed by atoms with Gasteiger partial charge in [0.2, 0.25) is 0 Å². The fraction of sp³-hybridized carbons (Fsp3) is 0.118. The second-order valence-corrected chi connectivity index (χ2v) is 5.40. The molecule has 0 fully saturated rings. The summed E-state index contributed by atoms with van der Waals surface area (Å²) in [6.45, 7) is 4.06. The van der Waals surface area contributed by atoms with Gasteiger partial charge in [0.25, 0.3) is 5.56 Å². The lowest BCUT2D eigenvalue weighted by atomic mass is 10.0. The molecule has 0 amide bonds. The van der Waals surface area contributed by atoms with Gasteiger partial charge in [-0.05, 0) is 60.7 Å². The first-order chi connectivity index (χ1) is 9.58. The van der Waals surface area contributed by atoms with Gasteiger partial charge >= 0.3 is 0 Å². The first kappa shape index (κ1) is 12.9. The van der Waals surface area contributed by atoms with E-state index < -0.39 is 0 Å². The maximum atomic E-state index is 12.6. The zero-order chi connectivity index (χ0) is 14.3. The molecule has 3 aromatic rings.